The van der Waals surface area contributed by atoms with Crippen molar-refractivity contribution >= 4 is 0 Å². The number of hydrogen-bond acceptors (Lipinski definition) is 0. The van der Waals surface area contributed by atoms with Crippen LogP contribution in [0, 0.1) is 0 Å². The zero-order chi connectivity index (χ0) is 29.1. The van der Waals surface area contributed by atoms with Gasteiger partial charge in [0.05, 0.1) is 10.8 Å². The number of fused-ring (bicyclic) bond motifs is 6. The smallest absolute Gasteiger partial charge is 0.0622 e. The first kappa shape index (κ1) is 25.1. The third kappa shape index (κ3) is 3.18. The lowest BCUT2D eigenvalue weighted by molar-refractivity contribution is 0.759. The molecule has 2 aliphatic rings. The number of hydrogen-bond donors (Lipinski definition) is 0. The maximum Gasteiger partial charge on any atom is 0.0713 e. The SMILES string of the molecule is c1ccc(C2(c3ccccc3)c3ccccc3-c3cc4c(cc32)-c2ccccc2C4(c2ccccc2)c2ccccc2)cc1. The van der Waals surface area contributed by atoms with E-state index in [1.165, 1.54) is 66.8 Å². The second-order valence-electron chi connectivity index (χ2n) is 12.0. The minimum Gasteiger partial charge on any atom is -0.0622 e. The number of rotatable bonds is 4. The van der Waals surface area contributed by atoms with Gasteiger partial charge in [0, 0.05) is 0 Å². The Morgan fingerprint density at radius 1 is 0.227 bits per heavy atom. The maximum absolute atomic E-state index is 2.54. The minimum atomic E-state index is -0.427. The normalized spacial score (nSPS) is 14.7. The summed E-state index contributed by atoms with van der Waals surface area (Å²) in [6.07, 6.45) is 0. The van der Waals surface area contributed by atoms with Gasteiger partial charge in [-0.05, 0) is 78.9 Å². The standard InChI is InChI=1S/C44H30/c1-5-17-31(18-6-1)43(32-19-7-2-8-20-32)39-27-15-13-25-35(39)37-30-42-38(29-41(37)43)36-26-14-16-28-40(36)44(42,33-21-9-3-10-22-33)34-23-11-4-12-24-34/h1-30H. The molecule has 0 heteroatoms. The molecule has 2 aliphatic carbocycles. The molecule has 0 nitrogen and oxygen atoms in total. The molecule has 0 N–H and O–H groups in total. The molecular formula is C44H30. The highest BCUT2D eigenvalue weighted by Crippen LogP contribution is 2.62. The van der Waals surface area contributed by atoms with Crippen LogP contribution in [0.2, 0.25) is 0 Å². The van der Waals surface area contributed by atoms with E-state index in [1.54, 1.807) is 0 Å². The molecule has 0 radical (unpaired) electrons. The van der Waals surface area contributed by atoms with E-state index in [-0.39, 0.29) is 0 Å². The van der Waals surface area contributed by atoms with Crippen molar-refractivity contribution in [2.24, 2.45) is 0 Å². The fraction of sp³-hybridized carbons (Fsp3) is 0.0455. The van der Waals surface area contributed by atoms with Crippen molar-refractivity contribution in [1.29, 1.82) is 0 Å². The Balaban J connectivity index is 1.46. The molecule has 7 aromatic rings. The summed E-state index contributed by atoms with van der Waals surface area (Å²) >= 11 is 0. The van der Waals surface area contributed by atoms with Gasteiger partial charge in [0.2, 0.25) is 0 Å². The third-order valence-electron chi connectivity index (χ3n) is 10.0. The average molecular weight is 559 g/mol. The summed E-state index contributed by atoms with van der Waals surface area (Å²) in [6, 6.07) is 67.6. The van der Waals surface area contributed by atoms with Gasteiger partial charge in [0.1, 0.15) is 0 Å². The van der Waals surface area contributed by atoms with Gasteiger partial charge in [-0.3, -0.25) is 0 Å². The molecule has 0 aliphatic heterocycles. The van der Waals surface area contributed by atoms with Gasteiger partial charge < -0.3 is 0 Å². The Morgan fingerprint density at radius 3 is 0.818 bits per heavy atom. The molecule has 0 saturated heterocycles. The molecule has 7 aromatic carbocycles. The average Bonchev–Trinajstić information content (AvgIpc) is 3.57. The van der Waals surface area contributed by atoms with E-state index in [1.807, 2.05) is 0 Å². The molecule has 0 heterocycles. The molecule has 44 heavy (non-hydrogen) atoms. The Hall–Kier alpha value is -5.46. The maximum atomic E-state index is 2.54. The van der Waals surface area contributed by atoms with Gasteiger partial charge in [-0.2, -0.15) is 0 Å². The van der Waals surface area contributed by atoms with E-state index in [0.717, 1.165) is 0 Å². The summed E-state index contributed by atoms with van der Waals surface area (Å²) in [5.74, 6) is 0. The van der Waals surface area contributed by atoms with Crippen LogP contribution in [0.4, 0.5) is 0 Å². The molecular weight excluding hydrogens is 528 g/mol. The van der Waals surface area contributed by atoms with Crippen molar-refractivity contribution in [3.05, 3.63) is 226 Å². The highest BCUT2D eigenvalue weighted by atomic mass is 14.5. The fourth-order valence-electron chi connectivity index (χ4n) is 8.38. The van der Waals surface area contributed by atoms with E-state index in [2.05, 4.69) is 182 Å². The summed E-state index contributed by atoms with van der Waals surface area (Å²) in [4.78, 5) is 0. The molecule has 0 spiro atoms. The van der Waals surface area contributed by atoms with Crippen LogP contribution >= 0.6 is 0 Å². The summed E-state index contributed by atoms with van der Waals surface area (Å²) < 4.78 is 0. The predicted molar refractivity (Wildman–Crippen MR) is 181 cm³/mol. The van der Waals surface area contributed by atoms with Crippen LogP contribution in [-0.4, -0.2) is 0 Å². The lowest BCUT2D eigenvalue weighted by atomic mass is 9.66. The minimum absolute atomic E-state index is 0.427. The lowest BCUT2D eigenvalue weighted by Gasteiger charge is -2.35. The Labute approximate surface area is 258 Å². The van der Waals surface area contributed by atoms with Crippen LogP contribution in [0.25, 0.3) is 22.3 Å². The zero-order valence-corrected chi connectivity index (χ0v) is 24.3. The highest BCUT2D eigenvalue weighted by Gasteiger charge is 2.51. The van der Waals surface area contributed by atoms with E-state index in [0.29, 0.717) is 0 Å². The van der Waals surface area contributed by atoms with Crippen molar-refractivity contribution in [1.82, 2.24) is 0 Å². The van der Waals surface area contributed by atoms with Gasteiger partial charge in [0.15, 0.2) is 0 Å². The molecule has 9 rings (SSSR count). The lowest BCUT2D eigenvalue weighted by Crippen LogP contribution is -2.29. The van der Waals surface area contributed by atoms with Crippen molar-refractivity contribution in [2.75, 3.05) is 0 Å². The van der Waals surface area contributed by atoms with Gasteiger partial charge in [0.25, 0.3) is 0 Å². The van der Waals surface area contributed by atoms with Crippen molar-refractivity contribution in [2.45, 2.75) is 10.8 Å². The van der Waals surface area contributed by atoms with Crippen molar-refractivity contribution in [3.8, 4) is 22.3 Å². The quantitative estimate of drug-likeness (QED) is 0.202. The van der Waals surface area contributed by atoms with E-state index in [9.17, 15) is 0 Å². The van der Waals surface area contributed by atoms with Gasteiger partial charge in [-0.25, -0.2) is 0 Å². The molecule has 0 bridgehead atoms. The highest BCUT2D eigenvalue weighted by molar-refractivity contribution is 5.94. The monoisotopic (exact) mass is 558 g/mol. The van der Waals surface area contributed by atoms with E-state index in [4.69, 9.17) is 0 Å². The third-order valence-corrected chi connectivity index (χ3v) is 10.0. The van der Waals surface area contributed by atoms with Crippen LogP contribution in [0.15, 0.2) is 182 Å². The molecule has 0 fully saturated rings. The Kier molecular flexibility index (Phi) is 5.43. The van der Waals surface area contributed by atoms with Crippen LogP contribution in [0.5, 0.6) is 0 Å². The molecule has 0 unspecified atom stereocenters. The van der Waals surface area contributed by atoms with Gasteiger partial charge in [-0.15, -0.1) is 0 Å². The molecule has 0 saturated carbocycles. The Morgan fingerprint density at radius 2 is 0.500 bits per heavy atom. The summed E-state index contributed by atoms with van der Waals surface area (Å²) in [5.41, 5.74) is 14.9. The second-order valence-corrected chi connectivity index (χ2v) is 12.0. The van der Waals surface area contributed by atoms with Gasteiger partial charge in [-0.1, -0.05) is 170 Å². The first-order valence-electron chi connectivity index (χ1n) is 15.5. The van der Waals surface area contributed by atoms with Crippen LogP contribution in [0.1, 0.15) is 44.5 Å². The molecule has 0 amide bonds. The van der Waals surface area contributed by atoms with Crippen molar-refractivity contribution in [3.63, 3.8) is 0 Å². The van der Waals surface area contributed by atoms with Crippen LogP contribution in [0.3, 0.4) is 0 Å². The van der Waals surface area contributed by atoms with E-state index >= 15 is 0 Å². The first-order chi connectivity index (χ1) is 21.8. The molecule has 0 atom stereocenters. The summed E-state index contributed by atoms with van der Waals surface area (Å²) in [6.45, 7) is 0. The summed E-state index contributed by atoms with van der Waals surface area (Å²) in [7, 11) is 0. The van der Waals surface area contributed by atoms with Crippen LogP contribution in [-0.2, 0) is 10.8 Å². The molecule has 0 aromatic heterocycles. The largest absolute Gasteiger partial charge is 0.0713 e. The second kappa shape index (κ2) is 9.53. The van der Waals surface area contributed by atoms with Gasteiger partial charge >= 0.3 is 0 Å². The summed E-state index contributed by atoms with van der Waals surface area (Å²) in [5, 5.41) is 0. The predicted octanol–water partition coefficient (Wildman–Crippen LogP) is 10.4. The van der Waals surface area contributed by atoms with Crippen molar-refractivity contribution < 1.29 is 0 Å². The number of benzene rings is 7. The molecule has 206 valence electrons. The fourth-order valence-corrected chi connectivity index (χ4v) is 8.38. The first-order valence-corrected chi connectivity index (χ1v) is 15.5. The zero-order valence-electron chi connectivity index (χ0n) is 24.3. The Bertz CT molecular complexity index is 1900. The topological polar surface area (TPSA) is 0 Å². The van der Waals surface area contributed by atoms with Crippen LogP contribution < -0.4 is 0 Å². The van der Waals surface area contributed by atoms with E-state index < -0.39 is 10.8 Å².